The molecule has 2 heterocycles. The van der Waals surface area contributed by atoms with Crippen molar-refractivity contribution >= 4 is 5.91 Å². The van der Waals surface area contributed by atoms with Crippen LogP contribution in [0.1, 0.15) is 44.1 Å². The quantitative estimate of drug-likeness (QED) is 0.870. The van der Waals surface area contributed by atoms with Crippen molar-refractivity contribution in [2.24, 2.45) is 0 Å². The first-order valence-electron chi connectivity index (χ1n) is 9.80. The van der Waals surface area contributed by atoms with Crippen molar-refractivity contribution in [3.05, 3.63) is 54.4 Å². The van der Waals surface area contributed by atoms with Gasteiger partial charge in [-0.1, -0.05) is 43.2 Å². The van der Waals surface area contributed by atoms with Crippen molar-refractivity contribution in [2.45, 2.75) is 49.5 Å². The molecule has 1 aromatic heterocycles. The van der Waals surface area contributed by atoms with E-state index in [4.69, 9.17) is 0 Å². The smallest absolute Gasteiger partial charge is 0.248 e. The van der Waals surface area contributed by atoms with Crippen LogP contribution in [0.4, 0.5) is 0 Å². The predicted molar refractivity (Wildman–Crippen MR) is 102 cm³/mol. The zero-order valence-electron chi connectivity index (χ0n) is 15.3. The Kier molecular flexibility index (Phi) is 4.81. The first-order valence-corrected chi connectivity index (χ1v) is 9.80. The summed E-state index contributed by atoms with van der Waals surface area (Å²) in [6, 6.07) is 12.6. The van der Waals surface area contributed by atoms with E-state index in [2.05, 4.69) is 46.1 Å². The van der Waals surface area contributed by atoms with Gasteiger partial charge in [0.15, 0.2) is 0 Å². The number of aromatic nitrogens is 2. The zero-order chi connectivity index (χ0) is 17.9. The zero-order valence-corrected chi connectivity index (χ0v) is 15.3. The molecule has 1 aliphatic carbocycles. The van der Waals surface area contributed by atoms with Crippen LogP contribution in [0.5, 0.6) is 0 Å². The van der Waals surface area contributed by atoms with E-state index >= 15 is 0 Å². The number of piperidine rings is 1. The van der Waals surface area contributed by atoms with Crippen molar-refractivity contribution in [2.75, 3.05) is 19.6 Å². The van der Waals surface area contributed by atoms with Gasteiger partial charge in [-0.2, -0.15) is 5.10 Å². The minimum Gasteiger partial charge on any atom is -0.353 e. The molecule has 0 radical (unpaired) electrons. The van der Waals surface area contributed by atoms with Crippen LogP contribution in [0.15, 0.2) is 48.8 Å². The summed E-state index contributed by atoms with van der Waals surface area (Å²) in [4.78, 5) is 13.3. The van der Waals surface area contributed by atoms with Crippen molar-refractivity contribution in [1.29, 1.82) is 0 Å². The number of nitrogens with one attached hydrogen (secondary N) is 2. The fourth-order valence-corrected chi connectivity index (χ4v) is 4.75. The molecule has 26 heavy (non-hydrogen) atoms. The summed E-state index contributed by atoms with van der Waals surface area (Å²) < 4.78 is 1.87. The lowest BCUT2D eigenvalue weighted by Gasteiger charge is -2.38. The molecule has 2 aliphatic rings. The average Bonchev–Trinajstić information content (AvgIpc) is 3.40. The minimum atomic E-state index is -0.564. The Hall–Kier alpha value is -2.14. The van der Waals surface area contributed by atoms with Gasteiger partial charge in [0.25, 0.3) is 0 Å². The molecule has 0 bridgehead atoms. The molecule has 2 fully saturated rings. The summed E-state index contributed by atoms with van der Waals surface area (Å²) in [5.41, 5.74) is 0.872. The van der Waals surface area contributed by atoms with E-state index in [1.807, 2.05) is 16.9 Å². The van der Waals surface area contributed by atoms with Gasteiger partial charge in [-0.15, -0.1) is 0 Å². The van der Waals surface area contributed by atoms with Crippen LogP contribution in [-0.4, -0.2) is 35.3 Å². The highest BCUT2D eigenvalue weighted by Crippen LogP contribution is 2.40. The van der Waals surface area contributed by atoms with Crippen LogP contribution in [0.2, 0.25) is 0 Å². The van der Waals surface area contributed by atoms with Gasteiger partial charge >= 0.3 is 0 Å². The standard InChI is InChI=1S/C21H28N4O/c26-19(21(11-14-22-15-12-21)25-16-6-13-24-25)23-17-20(9-4-5-10-20)18-7-2-1-3-8-18/h1-3,6-8,13,16,22H,4-5,9-12,14-15,17H2,(H,23,26). The van der Waals surface area contributed by atoms with Crippen LogP contribution in [-0.2, 0) is 15.7 Å². The monoisotopic (exact) mass is 352 g/mol. The highest BCUT2D eigenvalue weighted by molar-refractivity contribution is 5.84. The lowest BCUT2D eigenvalue weighted by molar-refractivity contribution is -0.132. The number of rotatable bonds is 5. The summed E-state index contributed by atoms with van der Waals surface area (Å²) in [6.45, 7) is 2.40. The topological polar surface area (TPSA) is 59.0 Å². The second-order valence-electron chi connectivity index (χ2n) is 7.77. The maximum atomic E-state index is 13.3. The molecule has 5 heteroatoms. The lowest BCUT2D eigenvalue weighted by Crippen LogP contribution is -2.56. The van der Waals surface area contributed by atoms with Gasteiger partial charge < -0.3 is 10.6 Å². The Morgan fingerprint density at radius 2 is 1.81 bits per heavy atom. The fraction of sp³-hybridized carbons (Fsp3) is 0.524. The Morgan fingerprint density at radius 1 is 1.08 bits per heavy atom. The van der Waals surface area contributed by atoms with Crippen LogP contribution in [0, 0.1) is 0 Å². The molecule has 0 spiro atoms. The molecule has 5 nitrogen and oxygen atoms in total. The molecule has 1 saturated heterocycles. The Labute approximate surface area is 155 Å². The second kappa shape index (κ2) is 7.23. The van der Waals surface area contributed by atoms with Crippen molar-refractivity contribution in [3.8, 4) is 0 Å². The molecule has 2 aromatic rings. The maximum absolute atomic E-state index is 13.3. The normalized spacial score (nSPS) is 21.4. The van der Waals surface area contributed by atoms with Crippen LogP contribution in [0.3, 0.4) is 0 Å². The summed E-state index contributed by atoms with van der Waals surface area (Å²) in [5.74, 6) is 0.116. The molecular weight excluding hydrogens is 324 g/mol. The number of carbonyl (C=O) groups excluding carboxylic acids is 1. The average molecular weight is 352 g/mol. The highest BCUT2D eigenvalue weighted by Gasteiger charge is 2.43. The summed E-state index contributed by atoms with van der Waals surface area (Å²) >= 11 is 0. The van der Waals surface area contributed by atoms with Crippen molar-refractivity contribution < 1.29 is 4.79 Å². The van der Waals surface area contributed by atoms with E-state index in [1.165, 1.54) is 18.4 Å². The number of hydrogen-bond acceptors (Lipinski definition) is 3. The summed E-state index contributed by atoms with van der Waals surface area (Å²) in [6.07, 6.45) is 10.0. The van der Waals surface area contributed by atoms with E-state index in [9.17, 15) is 4.79 Å². The molecule has 0 atom stereocenters. The summed E-state index contributed by atoms with van der Waals surface area (Å²) in [7, 11) is 0. The van der Waals surface area contributed by atoms with Crippen molar-refractivity contribution in [1.82, 2.24) is 20.4 Å². The molecule has 1 aromatic carbocycles. The lowest BCUT2D eigenvalue weighted by atomic mass is 9.78. The number of carbonyl (C=O) groups is 1. The molecule has 2 N–H and O–H groups in total. The third-order valence-electron chi connectivity index (χ3n) is 6.33. The third-order valence-corrected chi connectivity index (χ3v) is 6.33. The Morgan fingerprint density at radius 3 is 2.46 bits per heavy atom. The Balaban J connectivity index is 1.55. The first-order chi connectivity index (χ1) is 12.8. The van der Waals surface area contributed by atoms with Gasteiger partial charge in [0.05, 0.1) is 0 Å². The van der Waals surface area contributed by atoms with Gasteiger partial charge in [-0.05, 0) is 50.4 Å². The van der Waals surface area contributed by atoms with Crippen LogP contribution < -0.4 is 10.6 Å². The highest BCUT2D eigenvalue weighted by atomic mass is 16.2. The van der Waals surface area contributed by atoms with Gasteiger partial charge in [0.1, 0.15) is 5.54 Å². The maximum Gasteiger partial charge on any atom is 0.248 e. The van der Waals surface area contributed by atoms with E-state index in [1.54, 1.807) is 6.20 Å². The molecular formula is C21H28N4O. The largest absolute Gasteiger partial charge is 0.353 e. The van der Waals surface area contributed by atoms with Gasteiger partial charge in [0, 0.05) is 24.4 Å². The fourth-order valence-electron chi connectivity index (χ4n) is 4.75. The van der Waals surface area contributed by atoms with E-state index in [0.29, 0.717) is 6.54 Å². The minimum absolute atomic E-state index is 0.0785. The first kappa shape index (κ1) is 17.3. The molecule has 1 amide bonds. The molecule has 1 saturated carbocycles. The van der Waals surface area contributed by atoms with Crippen LogP contribution >= 0.6 is 0 Å². The number of amides is 1. The van der Waals surface area contributed by atoms with Gasteiger partial charge in [-0.3, -0.25) is 9.48 Å². The van der Waals surface area contributed by atoms with E-state index in [-0.39, 0.29) is 11.3 Å². The van der Waals surface area contributed by atoms with E-state index < -0.39 is 5.54 Å². The SMILES string of the molecule is O=C(NCC1(c2ccccc2)CCCC1)C1(n2cccn2)CCNCC1. The molecule has 138 valence electrons. The van der Waals surface area contributed by atoms with Gasteiger partial charge in [0.2, 0.25) is 5.91 Å². The predicted octanol–water partition coefficient (Wildman–Crippen LogP) is 2.59. The third kappa shape index (κ3) is 3.05. The Bertz CT molecular complexity index is 714. The number of hydrogen-bond donors (Lipinski definition) is 2. The van der Waals surface area contributed by atoms with Crippen LogP contribution in [0.25, 0.3) is 0 Å². The van der Waals surface area contributed by atoms with Crippen molar-refractivity contribution in [3.63, 3.8) is 0 Å². The number of benzene rings is 1. The second-order valence-corrected chi connectivity index (χ2v) is 7.77. The van der Waals surface area contributed by atoms with E-state index in [0.717, 1.165) is 38.8 Å². The van der Waals surface area contributed by atoms with Gasteiger partial charge in [-0.25, -0.2) is 0 Å². The molecule has 1 aliphatic heterocycles. The molecule has 4 rings (SSSR count). The molecule has 0 unspecified atom stereocenters. The summed E-state index contributed by atoms with van der Waals surface area (Å²) in [5, 5.41) is 11.1. The number of nitrogens with zero attached hydrogens (tertiary/aromatic N) is 2.